The zero-order valence-corrected chi connectivity index (χ0v) is 12.4. The summed E-state index contributed by atoms with van der Waals surface area (Å²) >= 11 is 0. The predicted molar refractivity (Wildman–Crippen MR) is 83.0 cm³/mol. The molecule has 4 rings (SSSR count). The molecular formula is C15H16N6O2. The highest BCUT2D eigenvalue weighted by atomic mass is 16.5. The lowest BCUT2D eigenvalue weighted by Crippen LogP contribution is -2.41. The van der Waals surface area contributed by atoms with E-state index in [1.807, 2.05) is 6.07 Å². The topological polar surface area (TPSA) is 97.8 Å². The summed E-state index contributed by atoms with van der Waals surface area (Å²) in [6.07, 6.45) is 6.78. The first-order valence-corrected chi connectivity index (χ1v) is 7.46. The molecule has 0 aromatic carbocycles. The van der Waals surface area contributed by atoms with E-state index >= 15 is 0 Å². The maximum absolute atomic E-state index is 5.89. The van der Waals surface area contributed by atoms with Crippen LogP contribution in [0.2, 0.25) is 0 Å². The van der Waals surface area contributed by atoms with E-state index in [9.17, 15) is 0 Å². The molecule has 1 atom stereocenters. The van der Waals surface area contributed by atoms with Crippen molar-refractivity contribution in [3.05, 3.63) is 30.9 Å². The van der Waals surface area contributed by atoms with Crippen molar-refractivity contribution in [2.24, 2.45) is 0 Å². The number of morpholine rings is 1. The zero-order chi connectivity index (χ0) is 15.5. The summed E-state index contributed by atoms with van der Waals surface area (Å²) in [5.41, 5.74) is 2.99. The largest absolute Gasteiger partial charge is 0.473 e. The number of fused-ring (bicyclic) bond motifs is 1. The Morgan fingerprint density at radius 3 is 3.09 bits per heavy atom. The summed E-state index contributed by atoms with van der Waals surface area (Å²) in [4.78, 5) is 13.3. The molecule has 4 heterocycles. The van der Waals surface area contributed by atoms with Crippen molar-refractivity contribution < 1.29 is 9.47 Å². The van der Waals surface area contributed by atoms with Crippen LogP contribution in [0, 0.1) is 0 Å². The van der Waals surface area contributed by atoms with E-state index in [0.29, 0.717) is 24.6 Å². The molecule has 3 aromatic rings. The van der Waals surface area contributed by atoms with E-state index in [2.05, 4.69) is 30.5 Å². The summed E-state index contributed by atoms with van der Waals surface area (Å²) in [6.45, 7) is 2.75. The second-order valence-electron chi connectivity index (χ2n) is 5.23. The van der Waals surface area contributed by atoms with E-state index in [1.54, 1.807) is 24.8 Å². The molecule has 0 saturated carbocycles. The zero-order valence-electron chi connectivity index (χ0n) is 12.4. The van der Waals surface area contributed by atoms with E-state index in [0.717, 1.165) is 29.9 Å². The van der Waals surface area contributed by atoms with E-state index in [-0.39, 0.29) is 6.10 Å². The summed E-state index contributed by atoms with van der Waals surface area (Å²) in [5, 5.41) is 10.0. The van der Waals surface area contributed by atoms with Gasteiger partial charge in [0.15, 0.2) is 5.52 Å². The molecule has 0 unspecified atom stereocenters. The minimum Gasteiger partial charge on any atom is -0.473 e. The fourth-order valence-corrected chi connectivity index (χ4v) is 2.48. The van der Waals surface area contributed by atoms with Gasteiger partial charge in [-0.05, 0) is 6.07 Å². The Labute approximate surface area is 132 Å². The van der Waals surface area contributed by atoms with Gasteiger partial charge < -0.3 is 14.8 Å². The van der Waals surface area contributed by atoms with Crippen molar-refractivity contribution in [3.8, 4) is 17.1 Å². The first-order valence-electron chi connectivity index (χ1n) is 7.46. The van der Waals surface area contributed by atoms with Crippen molar-refractivity contribution in [3.63, 3.8) is 0 Å². The normalized spacial score (nSPS) is 18.2. The van der Waals surface area contributed by atoms with Crippen LogP contribution in [0.1, 0.15) is 0 Å². The molecule has 0 radical (unpaired) electrons. The van der Waals surface area contributed by atoms with Crippen LogP contribution < -0.4 is 10.1 Å². The van der Waals surface area contributed by atoms with E-state index < -0.39 is 0 Å². The predicted octanol–water partition coefficient (Wildman–Crippen LogP) is 0.782. The van der Waals surface area contributed by atoms with Crippen molar-refractivity contribution in [2.45, 2.75) is 6.10 Å². The Morgan fingerprint density at radius 2 is 2.26 bits per heavy atom. The first kappa shape index (κ1) is 14.0. The van der Waals surface area contributed by atoms with Gasteiger partial charge in [-0.2, -0.15) is 5.10 Å². The molecule has 1 saturated heterocycles. The highest BCUT2D eigenvalue weighted by molar-refractivity contribution is 5.83. The number of aromatic nitrogens is 5. The number of nitrogens with one attached hydrogen (secondary N) is 2. The summed E-state index contributed by atoms with van der Waals surface area (Å²) in [7, 11) is 0. The number of pyridine rings is 1. The van der Waals surface area contributed by atoms with Gasteiger partial charge in [-0.15, -0.1) is 0 Å². The third-order valence-electron chi connectivity index (χ3n) is 3.63. The molecule has 1 aliphatic rings. The Kier molecular flexibility index (Phi) is 3.83. The smallest absolute Gasteiger partial charge is 0.242 e. The van der Waals surface area contributed by atoms with E-state index in [4.69, 9.17) is 9.47 Å². The van der Waals surface area contributed by atoms with Gasteiger partial charge in [-0.3, -0.25) is 10.1 Å². The third kappa shape index (κ3) is 2.99. The number of rotatable bonds is 4. The van der Waals surface area contributed by atoms with Gasteiger partial charge in [-0.1, -0.05) is 0 Å². The molecule has 1 aliphatic heterocycles. The Balaban J connectivity index is 1.66. The van der Waals surface area contributed by atoms with Crippen LogP contribution >= 0.6 is 0 Å². The highest BCUT2D eigenvalue weighted by Crippen LogP contribution is 2.26. The fourth-order valence-electron chi connectivity index (χ4n) is 2.48. The van der Waals surface area contributed by atoms with Gasteiger partial charge in [0, 0.05) is 37.2 Å². The molecule has 8 nitrogen and oxygen atoms in total. The molecule has 2 N–H and O–H groups in total. The van der Waals surface area contributed by atoms with Crippen LogP contribution in [0.4, 0.5) is 0 Å². The number of hydrogen-bond acceptors (Lipinski definition) is 7. The maximum atomic E-state index is 5.89. The summed E-state index contributed by atoms with van der Waals surface area (Å²) in [6, 6.07) is 1.87. The number of hydrogen-bond donors (Lipinski definition) is 2. The Bertz CT molecular complexity index is 786. The average Bonchev–Trinajstić information content (AvgIpc) is 3.15. The van der Waals surface area contributed by atoms with Gasteiger partial charge in [0.1, 0.15) is 12.7 Å². The molecule has 1 fully saturated rings. The lowest BCUT2D eigenvalue weighted by molar-refractivity contribution is -0.000407. The van der Waals surface area contributed by atoms with Crippen LogP contribution in [0.25, 0.3) is 22.3 Å². The quantitative estimate of drug-likeness (QED) is 0.734. The maximum Gasteiger partial charge on any atom is 0.242 e. The van der Waals surface area contributed by atoms with Crippen LogP contribution in [0.15, 0.2) is 30.9 Å². The molecule has 0 amide bonds. The minimum absolute atomic E-state index is 0.00912. The molecule has 8 heteroatoms. The van der Waals surface area contributed by atoms with Crippen LogP contribution in [0.5, 0.6) is 5.88 Å². The molecule has 23 heavy (non-hydrogen) atoms. The SMILES string of the molecule is c1cnc2c(OC[C@H]3CNCCO3)nc(-c3cn[nH]c3)cc2n1. The number of aromatic amines is 1. The lowest BCUT2D eigenvalue weighted by atomic mass is 10.2. The molecule has 118 valence electrons. The second-order valence-corrected chi connectivity index (χ2v) is 5.23. The van der Waals surface area contributed by atoms with Crippen molar-refractivity contribution >= 4 is 11.0 Å². The van der Waals surface area contributed by atoms with Gasteiger partial charge in [0.05, 0.1) is 24.0 Å². The summed E-state index contributed by atoms with van der Waals surface area (Å²) in [5.74, 6) is 0.459. The standard InChI is InChI=1S/C15H16N6O2/c1-2-18-14-13(17-1)5-12(10-6-19-20-7-10)21-15(14)23-9-11-8-16-3-4-22-11/h1-2,5-7,11,16H,3-4,8-9H2,(H,19,20)/t11-/m1/s1. The number of nitrogens with zero attached hydrogens (tertiary/aromatic N) is 4. The van der Waals surface area contributed by atoms with Crippen molar-refractivity contribution in [1.29, 1.82) is 0 Å². The van der Waals surface area contributed by atoms with Crippen LogP contribution in [0.3, 0.4) is 0 Å². The molecule has 0 bridgehead atoms. The molecule has 0 aliphatic carbocycles. The van der Waals surface area contributed by atoms with Gasteiger partial charge in [-0.25, -0.2) is 9.97 Å². The minimum atomic E-state index is 0.00912. The Hall–Kier alpha value is -2.58. The average molecular weight is 312 g/mol. The monoisotopic (exact) mass is 312 g/mol. The van der Waals surface area contributed by atoms with Crippen molar-refractivity contribution in [2.75, 3.05) is 26.3 Å². The first-order chi connectivity index (χ1) is 11.4. The fraction of sp³-hybridized carbons (Fsp3) is 0.333. The van der Waals surface area contributed by atoms with E-state index in [1.165, 1.54) is 0 Å². The second kappa shape index (κ2) is 6.27. The van der Waals surface area contributed by atoms with Crippen molar-refractivity contribution in [1.82, 2.24) is 30.5 Å². The van der Waals surface area contributed by atoms with Gasteiger partial charge >= 0.3 is 0 Å². The van der Waals surface area contributed by atoms with Crippen LogP contribution in [-0.4, -0.2) is 57.6 Å². The molecule has 3 aromatic heterocycles. The van der Waals surface area contributed by atoms with Gasteiger partial charge in [0.2, 0.25) is 5.88 Å². The highest BCUT2D eigenvalue weighted by Gasteiger charge is 2.17. The number of ether oxygens (including phenoxy) is 2. The third-order valence-corrected chi connectivity index (χ3v) is 3.63. The Morgan fingerprint density at radius 1 is 1.30 bits per heavy atom. The summed E-state index contributed by atoms with van der Waals surface area (Å²) < 4.78 is 11.5. The molecular weight excluding hydrogens is 296 g/mol. The van der Waals surface area contributed by atoms with Crippen LogP contribution in [-0.2, 0) is 4.74 Å². The number of H-pyrrole nitrogens is 1. The van der Waals surface area contributed by atoms with Gasteiger partial charge in [0.25, 0.3) is 0 Å². The molecule has 0 spiro atoms. The lowest BCUT2D eigenvalue weighted by Gasteiger charge is -2.23.